The zero-order valence-electron chi connectivity index (χ0n) is 15.2. The van der Waals surface area contributed by atoms with Gasteiger partial charge in [-0.15, -0.1) is 0 Å². The maximum atomic E-state index is 12.9. The van der Waals surface area contributed by atoms with E-state index in [9.17, 15) is 9.59 Å². The number of ether oxygens (including phenoxy) is 1. The number of amides is 1. The van der Waals surface area contributed by atoms with E-state index in [-0.39, 0.29) is 18.5 Å². The van der Waals surface area contributed by atoms with Gasteiger partial charge in [-0.05, 0) is 37.1 Å². The summed E-state index contributed by atoms with van der Waals surface area (Å²) in [6, 6.07) is 14.6. The van der Waals surface area contributed by atoms with E-state index < -0.39 is 5.97 Å². The molecule has 0 bridgehead atoms. The van der Waals surface area contributed by atoms with Crippen LogP contribution in [0.3, 0.4) is 0 Å². The number of para-hydroxylation sites is 2. The molecule has 6 heteroatoms. The van der Waals surface area contributed by atoms with E-state index in [1.807, 2.05) is 31.2 Å². The molecule has 0 heterocycles. The van der Waals surface area contributed by atoms with Crippen molar-refractivity contribution < 1.29 is 19.4 Å². The van der Waals surface area contributed by atoms with Crippen LogP contribution in [0.15, 0.2) is 48.5 Å². The van der Waals surface area contributed by atoms with Crippen LogP contribution in [0.2, 0.25) is 0 Å². The first-order valence-corrected chi connectivity index (χ1v) is 8.37. The Bertz CT molecular complexity index is 776. The van der Waals surface area contributed by atoms with Crippen LogP contribution in [0.5, 0.6) is 5.75 Å². The summed E-state index contributed by atoms with van der Waals surface area (Å²) in [5, 5.41) is 11.6. The lowest BCUT2D eigenvalue weighted by atomic mass is 10.0. The summed E-state index contributed by atoms with van der Waals surface area (Å²) in [5.41, 5.74) is 1.99. The largest absolute Gasteiger partial charge is 0.496 e. The molecule has 0 unspecified atom stereocenters. The summed E-state index contributed by atoms with van der Waals surface area (Å²) in [5.74, 6) is -0.352. The Morgan fingerprint density at radius 1 is 1.15 bits per heavy atom. The molecule has 0 saturated carbocycles. The monoisotopic (exact) mass is 356 g/mol. The van der Waals surface area contributed by atoms with Gasteiger partial charge in [-0.25, -0.2) is 0 Å². The Hall–Kier alpha value is -3.02. The smallest absolute Gasteiger partial charge is 0.322 e. The van der Waals surface area contributed by atoms with Gasteiger partial charge < -0.3 is 20.1 Å². The summed E-state index contributed by atoms with van der Waals surface area (Å²) >= 11 is 0. The number of nitrogens with one attached hydrogen (secondary N) is 1. The number of carbonyl (C=O) groups is 2. The maximum Gasteiger partial charge on any atom is 0.322 e. The zero-order chi connectivity index (χ0) is 19.1. The van der Waals surface area contributed by atoms with Gasteiger partial charge in [-0.2, -0.15) is 0 Å². The molecular weight excluding hydrogens is 332 g/mol. The minimum atomic E-state index is -0.981. The first-order chi connectivity index (χ1) is 12.4. The summed E-state index contributed by atoms with van der Waals surface area (Å²) in [4.78, 5) is 25.4. The van der Waals surface area contributed by atoms with Gasteiger partial charge in [0, 0.05) is 18.8 Å². The molecule has 0 aliphatic carbocycles. The Morgan fingerprint density at radius 3 is 2.50 bits per heavy atom. The van der Waals surface area contributed by atoms with Gasteiger partial charge in [0.25, 0.3) is 5.91 Å². The lowest BCUT2D eigenvalue weighted by Gasteiger charge is -2.26. The van der Waals surface area contributed by atoms with Crippen LogP contribution in [0.25, 0.3) is 0 Å². The van der Waals surface area contributed by atoms with Crippen LogP contribution < -0.4 is 10.1 Å². The molecule has 138 valence electrons. The Balaban J connectivity index is 2.15. The predicted octanol–water partition coefficient (Wildman–Crippen LogP) is 2.89. The predicted molar refractivity (Wildman–Crippen MR) is 101 cm³/mol. The van der Waals surface area contributed by atoms with Crippen LogP contribution in [0.1, 0.15) is 22.8 Å². The number of methoxy groups -OCH3 is 1. The number of hydrogen-bond acceptors (Lipinski definition) is 4. The number of carboxylic acid groups (broad SMARTS) is 1. The van der Waals surface area contributed by atoms with Gasteiger partial charge in [0.15, 0.2) is 0 Å². The number of nitrogens with zero attached hydrogens (tertiary/aromatic N) is 1. The van der Waals surface area contributed by atoms with Crippen molar-refractivity contribution in [3.8, 4) is 5.75 Å². The second kappa shape index (κ2) is 8.89. The molecule has 26 heavy (non-hydrogen) atoms. The van der Waals surface area contributed by atoms with E-state index in [2.05, 4.69) is 5.32 Å². The third-order valence-electron chi connectivity index (χ3n) is 4.28. The van der Waals surface area contributed by atoms with Crippen LogP contribution in [-0.2, 0) is 11.2 Å². The number of carbonyl (C=O) groups excluding carboxylic acids is 1. The van der Waals surface area contributed by atoms with E-state index in [1.54, 1.807) is 43.3 Å². The summed E-state index contributed by atoms with van der Waals surface area (Å²) in [6.07, 6.45) is 0.650. The molecule has 0 saturated heterocycles. The minimum absolute atomic E-state index is 0.0636. The quantitative estimate of drug-likeness (QED) is 0.760. The fraction of sp³-hybridized carbons (Fsp3) is 0.300. The number of likely N-dealkylation sites (N-methyl/N-ethyl adjacent to an activating group) is 1. The SMILES string of the molecule is COc1ccccc1C[C@@H](C)N(C)C(=O)c1ccccc1NCC(=O)O. The normalized spacial score (nSPS) is 11.5. The van der Waals surface area contributed by atoms with E-state index >= 15 is 0 Å². The lowest BCUT2D eigenvalue weighted by Crippen LogP contribution is -2.37. The van der Waals surface area contributed by atoms with Crippen molar-refractivity contribution in [2.75, 3.05) is 26.0 Å². The van der Waals surface area contributed by atoms with Crippen LogP contribution in [-0.4, -0.2) is 48.6 Å². The molecule has 0 aliphatic heterocycles. The Labute approximate surface area is 153 Å². The number of carboxylic acids is 1. The number of hydrogen-bond donors (Lipinski definition) is 2. The van der Waals surface area contributed by atoms with E-state index in [0.29, 0.717) is 17.7 Å². The summed E-state index contributed by atoms with van der Waals surface area (Å²) in [7, 11) is 3.37. The van der Waals surface area contributed by atoms with Crippen molar-refractivity contribution in [2.24, 2.45) is 0 Å². The third kappa shape index (κ3) is 4.75. The van der Waals surface area contributed by atoms with Gasteiger partial charge in [0.1, 0.15) is 12.3 Å². The molecule has 2 aromatic carbocycles. The number of rotatable bonds is 8. The highest BCUT2D eigenvalue weighted by Gasteiger charge is 2.21. The molecule has 0 fully saturated rings. The molecule has 2 rings (SSSR count). The fourth-order valence-electron chi connectivity index (χ4n) is 2.71. The molecule has 2 aromatic rings. The topological polar surface area (TPSA) is 78.9 Å². The van der Waals surface area contributed by atoms with Crippen LogP contribution >= 0.6 is 0 Å². The van der Waals surface area contributed by atoms with Crippen molar-refractivity contribution in [2.45, 2.75) is 19.4 Å². The lowest BCUT2D eigenvalue weighted by molar-refractivity contribution is -0.134. The molecule has 2 N–H and O–H groups in total. The highest BCUT2D eigenvalue weighted by atomic mass is 16.5. The molecule has 6 nitrogen and oxygen atoms in total. The first kappa shape index (κ1) is 19.3. The van der Waals surface area contributed by atoms with Crippen LogP contribution in [0.4, 0.5) is 5.69 Å². The van der Waals surface area contributed by atoms with Crippen molar-refractivity contribution >= 4 is 17.6 Å². The summed E-state index contributed by atoms with van der Waals surface area (Å²) in [6.45, 7) is 1.72. The third-order valence-corrected chi connectivity index (χ3v) is 4.28. The van der Waals surface area contributed by atoms with Gasteiger partial charge in [-0.1, -0.05) is 30.3 Å². The number of anilines is 1. The Kier molecular flexibility index (Phi) is 6.60. The van der Waals surface area contributed by atoms with Crippen molar-refractivity contribution in [1.29, 1.82) is 0 Å². The van der Waals surface area contributed by atoms with Crippen LogP contribution in [0, 0.1) is 0 Å². The number of aliphatic carboxylic acids is 1. The van der Waals surface area contributed by atoms with E-state index in [1.165, 1.54) is 0 Å². The average molecular weight is 356 g/mol. The molecule has 0 spiro atoms. The number of benzene rings is 2. The fourth-order valence-corrected chi connectivity index (χ4v) is 2.71. The second-order valence-corrected chi connectivity index (χ2v) is 6.07. The second-order valence-electron chi connectivity index (χ2n) is 6.07. The van der Waals surface area contributed by atoms with Gasteiger partial charge >= 0.3 is 5.97 Å². The van der Waals surface area contributed by atoms with Crippen molar-refractivity contribution in [3.63, 3.8) is 0 Å². The maximum absolute atomic E-state index is 12.9. The highest BCUT2D eigenvalue weighted by molar-refractivity contribution is 6.00. The van der Waals surface area contributed by atoms with E-state index in [0.717, 1.165) is 11.3 Å². The molecule has 0 aromatic heterocycles. The first-order valence-electron chi connectivity index (χ1n) is 8.37. The summed E-state index contributed by atoms with van der Waals surface area (Å²) < 4.78 is 5.38. The van der Waals surface area contributed by atoms with Crippen molar-refractivity contribution in [3.05, 3.63) is 59.7 Å². The average Bonchev–Trinajstić information content (AvgIpc) is 2.65. The molecule has 0 radical (unpaired) electrons. The Morgan fingerprint density at radius 2 is 1.81 bits per heavy atom. The molecule has 1 amide bonds. The zero-order valence-corrected chi connectivity index (χ0v) is 15.2. The van der Waals surface area contributed by atoms with E-state index in [4.69, 9.17) is 9.84 Å². The van der Waals surface area contributed by atoms with Gasteiger partial charge in [-0.3, -0.25) is 9.59 Å². The highest BCUT2D eigenvalue weighted by Crippen LogP contribution is 2.22. The standard InChI is InChI=1S/C20H24N2O4/c1-14(12-15-8-4-7-11-18(15)26-3)22(2)20(25)16-9-5-6-10-17(16)21-13-19(23)24/h4-11,14,21H,12-13H2,1-3H3,(H,23,24)/t14-/m1/s1. The van der Waals surface area contributed by atoms with Gasteiger partial charge in [0.2, 0.25) is 0 Å². The van der Waals surface area contributed by atoms with Gasteiger partial charge in [0.05, 0.1) is 12.7 Å². The minimum Gasteiger partial charge on any atom is -0.496 e. The molecular formula is C20H24N2O4. The molecule has 0 aliphatic rings. The molecule has 1 atom stereocenters. The van der Waals surface area contributed by atoms with Crippen molar-refractivity contribution in [1.82, 2.24) is 4.90 Å².